The van der Waals surface area contributed by atoms with Crippen molar-refractivity contribution in [3.8, 4) is 0 Å². The van der Waals surface area contributed by atoms with Crippen LogP contribution in [0.5, 0.6) is 0 Å². The van der Waals surface area contributed by atoms with E-state index in [1.807, 2.05) is 7.05 Å². The van der Waals surface area contributed by atoms with Crippen LogP contribution in [0.1, 0.15) is 31.7 Å². The van der Waals surface area contributed by atoms with Gasteiger partial charge in [0, 0.05) is 6.54 Å². The van der Waals surface area contributed by atoms with Crippen molar-refractivity contribution in [2.45, 2.75) is 40.2 Å². The Kier molecular flexibility index (Phi) is 5.49. The molecule has 1 unspecified atom stereocenters. The van der Waals surface area contributed by atoms with Crippen LogP contribution in [0.25, 0.3) is 0 Å². The third-order valence-corrected chi connectivity index (χ3v) is 3.91. The van der Waals surface area contributed by atoms with Gasteiger partial charge in [-0.25, -0.2) is 0 Å². The third-order valence-electron chi connectivity index (χ3n) is 2.88. The maximum Gasteiger partial charge on any atom is 0.0738 e. The summed E-state index contributed by atoms with van der Waals surface area (Å²) in [5.41, 5.74) is 2.43. The van der Waals surface area contributed by atoms with E-state index in [2.05, 4.69) is 51.8 Å². The van der Waals surface area contributed by atoms with Crippen LogP contribution in [0, 0.1) is 12.8 Å². The van der Waals surface area contributed by atoms with Gasteiger partial charge in [0.25, 0.3) is 0 Å². The summed E-state index contributed by atoms with van der Waals surface area (Å²) in [4.78, 5) is 0. The molecule has 92 valence electrons. The van der Waals surface area contributed by atoms with Gasteiger partial charge < -0.3 is 5.32 Å². The van der Waals surface area contributed by atoms with E-state index >= 15 is 0 Å². The summed E-state index contributed by atoms with van der Waals surface area (Å²) in [6, 6.07) is 0. The van der Waals surface area contributed by atoms with Crippen LogP contribution in [-0.4, -0.2) is 23.4 Å². The Morgan fingerprint density at radius 1 is 1.50 bits per heavy atom. The first-order chi connectivity index (χ1) is 7.60. The molecule has 0 saturated carbocycles. The molecule has 0 aliphatic heterocycles. The minimum atomic E-state index is 0.685. The van der Waals surface area contributed by atoms with Crippen LogP contribution in [-0.2, 0) is 13.0 Å². The number of halogens is 1. The predicted molar refractivity (Wildman–Crippen MR) is 71.7 cm³/mol. The lowest BCUT2D eigenvalue weighted by molar-refractivity contribution is 0.487. The van der Waals surface area contributed by atoms with Crippen LogP contribution in [0.3, 0.4) is 0 Å². The van der Waals surface area contributed by atoms with Gasteiger partial charge in [-0.15, -0.1) is 0 Å². The van der Waals surface area contributed by atoms with E-state index in [1.54, 1.807) is 0 Å². The standard InChI is InChI=1S/C12H22BrN3/c1-5-16-11(12(13)10(3)15-16)8-9(2)6-7-14-4/h9,14H,5-8H2,1-4H3. The summed E-state index contributed by atoms with van der Waals surface area (Å²) >= 11 is 3.64. The lowest BCUT2D eigenvalue weighted by Crippen LogP contribution is -2.14. The minimum Gasteiger partial charge on any atom is -0.320 e. The quantitative estimate of drug-likeness (QED) is 0.872. The molecule has 0 fully saturated rings. The SMILES string of the molecule is CCn1nc(C)c(Br)c1CC(C)CCNC. The molecule has 0 amide bonds. The van der Waals surface area contributed by atoms with Crippen molar-refractivity contribution in [3.05, 3.63) is 15.9 Å². The molecule has 16 heavy (non-hydrogen) atoms. The molecule has 0 spiro atoms. The normalized spacial score (nSPS) is 13.1. The number of aryl methyl sites for hydroxylation is 2. The van der Waals surface area contributed by atoms with E-state index in [-0.39, 0.29) is 0 Å². The molecule has 0 aromatic carbocycles. The fourth-order valence-corrected chi connectivity index (χ4v) is 2.33. The number of nitrogens with one attached hydrogen (secondary N) is 1. The van der Waals surface area contributed by atoms with Gasteiger partial charge in [0.2, 0.25) is 0 Å². The van der Waals surface area contributed by atoms with Crippen molar-refractivity contribution in [1.82, 2.24) is 15.1 Å². The lowest BCUT2D eigenvalue weighted by Gasteiger charge is -2.12. The van der Waals surface area contributed by atoms with Gasteiger partial charge in [-0.1, -0.05) is 6.92 Å². The van der Waals surface area contributed by atoms with Gasteiger partial charge in [0.05, 0.1) is 15.9 Å². The van der Waals surface area contributed by atoms with Gasteiger partial charge in [0.15, 0.2) is 0 Å². The maximum atomic E-state index is 4.52. The second-order valence-corrected chi connectivity index (χ2v) is 5.16. The van der Waals surface area contributed by atoms with E-state index < -0.39 is 0 Å². The van der Waals surface area contributed by atoms with E-state index in [0.29, 0.717) is 5.92 Å². The van der Waals surface area contributed by atoms with Crippen molar-refractivity contribution in [2.24, 2.45) is 5.92 Å². The number of hydrogen-bond donors (Lipinski definition) is 1. The van der Waals surface area contributed by atoms with Gasteiger partial charge in [-0.2, -0.15) is 5.10 Å². The third kappa shape index (κ3) is 3.32. The Morgan fingerprint density at radius 2 is 2.19 bits per heavy atom. The molecule has 1 aromatic heterocycles. The first kappa shape index (κ1) is 13.7. The van der Waals surface area contributed by atoms with Gasteiger partial charge in [-0.3, -0.25) is 4.68 Å². The summed E-state index contributed by atoms with van der Waals surface area (Å²) in [5, 5.41) is 7.71. The Balaban J connectivity index is 2.71. The highest BCUT2D eigenvalue weighted by molar-refractivity contribution is 9.10. The molecule has 4 heteroatoms. The van der Waals surface area contributed by atoms with Gasteiger partial charge in [-0.05, 0) is 62.1 Å². The number of aromatic nitrogens is 2. The zero-order chi connectivity index (χ0) is 12.1. The summed E-state index contributed by atoms with van der Waals surface area (Å²) in [6.07, 6.45) is 2.30. The van der Waals surface area contributed by atoms with Crippen LogP contribution in [0.15, 0.2) is 4.47 Å². The first-order valence-electron chi connectivity index (χ1n) is 5.96. The fourth-order valence-electron chi connectivity index (χ4n) is 1.89. The molecule has 0 radical (unpaired) electrons. The van der Waals surface area contributed by atoms with Crippen molar-refractivity contribution in [1.29, 1.82) is 0 Å². The highest BCUT2D eigenvalue weighted by Gasteiger charge is 2.14. The molecule has 1 aromatic rings. The summed E-state index contributed by atoms with van der Waals surface area (Å²) in [7, 11) is 2.00. The van der Waals surface area contributed by atoms with Crippen LogP contribution in [0.2, 0.25) is 0 Å². The second-order valence-electron chi connectivity index (χ2n) is 4.36. The summed E-state index contributed by atoms with van der Waals surface area (Å²) in [6.45, 7) is 8.52. The molecule has 0 aliphatic rings. The summed E-state index contributed by atoms with van der Waals surface area (Å²) < 4.78 is 3.29. The molecule has 3 nitrogen and oxygen atoms in total. The number of nitrogens with zero attached hydrogens (tertiary/aromatic N) is 2. The van der Waals surface area contributed by atoms with Crippen LogP contribution >= 0.6 is 15.9 Å². The topological polar surface area (TPSA) is 29.9 Å². The second kappa shape index (κ2) is 6.40. The van der Waals surface area contributed by atoms with Gasteiger partial charge in [0.1, 0.15) is 0 Å². The van der Waals surface area contributed by atoms with Crippen molar-refractivity contribution in [2.75, 3.05) is 13.6 Å². The average molecular weight is 288 g/mol. The van der Waals surface area contributed by atoms with Crippen molar-refractivity contribution < 1.29 is 0 Å². The number of rotatable bonds is 6. The first-order valence-corrected chi connectivity index (χ1v) is 6.75. The zero-order valence-corrected chi connectivity index (χ0v) is 12.3. The minimum absolute atomic E-state index is 0.685. The van der Waals surface area contributed by atoms with E-state index in [4.69, 9.17) is 0 Å². The van der Waals surface area contributed by atoms with Crippen molar-refractivity contribution in [3.63, 3.8) is 0 Å². The largest absolute Gasteiger partial charge is 0.320 e. The Morgan fingerprint density at radius 3 is 2.75 bits per heavy atom. The van der Waals surface area contributed by atoms with E-state index in [9.17, 15) is 0 Å². The highest BCUT2D eigenvalue weighted by atomic mass is 79.9. The Labute approximate surface area is 107 Å². The maximum absolute atomic E-state index is 4.52. The monoisotopic (exact) mass is 287 g/mol. The molecule has 1 N–H and O–H groups in total. The van der Waals surface area contributed by atoms with Crippen LogP contribution in [0.4, 0.5) is 0 Å². The average Bonchev–Trinajstić information content (AvgIpc) is 2.54. The Bertz CT molecular complexity index is 333. The Hall–Kier alpha value is -0.350. The molecule has 1 atom stereocenters. The van der Waals surface area contributed by atoms with E-state index in [1.165, 1.54) is 16.6 Å². The molecule has 1 rings (SSSR count). The smallest absolute Gasteiger partial charge is 0.0738 e. The summed E-state index contributed by atoms with van der Waals surface area (Å²) in [5.74, 6) is 0.685. The zero-order valence-electron chi connectivity index (χ0n) is 10.7. The fraction of sp³-hybridized carbons (Fsp3) is 0.750. The van der Waals surface area contributed by atoms with Gasteiger partial charge >= 0.3 is 0 Å². The molecule has 0 aliphatic carbocycles. The number of hydrogen-bond acceptors (Lipinski definition) is 2. The van der Waals surface area contributed by atoms with Crippen LogP contribution < -0.4 is 5.32 Å². The predicted octanol–water partition coefficient (Wildman–Crippen LogP) is 2.76. The molecule has 0 saturated heterocycles. The molecule has 1 heterocycles. The van der Waals surface area contributed by atoms with Crippen molar-refractivity contribution >= 4 is 15.9 Å². The molecular weight excluding hydrogens is 266 g/mol. The molecule has 0 bridgehead atoms. The highest BCUT2D eigenvalue weighted by Crippen LogP contribution is 2.24. The van der Waals surface area contributed by atoms with E-state index in [0.717, 1.165) is 25.2 Å². The lowest BCUT2D eigenvalue weighted by atomic mass is 10.0. The molecular formula is C12H22BrN3.